The number of hydrogen-bond acceptors (Lipinski definition) is 3. The number of carbonyl (C=O) groups is 1. The fourth-order valence-corrected chi connectivity index (χ4v) is 3.04. The number of imidazole rings is 1. The van der Waals surface area contributed by atoms with E-state index >= 15 is 0 Å². The molecule has 1 atom stereocenters. The predicted octanol–water partition coefficient (Wildman–Crippen LogP) is 3.49. The number of thioether (sulfide) groups is 1. The molecule has 2 aromatic rings. The average Bonchev–Trinajstić information content (AvgIpc) is 2.95. The van der Waals surface area contributed by atoms with Gasteiger partial charge in [0, 0.05) is 18.9 Å². The molecule has 1 aromatic heterocycles. The zero-order chi connectivity index (χ0) is 16.1. The van der Waals surface area contributed by atoms with Crippen LogP contribution in [0.2, 0.25) is 0 Å². The first-order chi connectivity index (χ1) is 10.5. The molecule has 4 nitrogen and oxygen atoms in total. The number of nitrogens with one attached hydrogen (secondary N) is 1. The summed E-state index contributed by atoms with van der Waals surface area (Å²) in [6.45, 7) is 9.12. The van der Waals surface area contributed by atoms with Crippen molar-refractivity contribution in [3.05, 3.63) is 47.3 Å². The molecule has 0 saturated carbocycles. The summed E-state index contributed by atoms with van der Waals surface area (Å²) in [6, 6.07) is 6.32. The normalized spacial score (nSPS) is 12.2. The summed E-state index contributed by atoms with van der Waals surface area (Å²) in [4.78, 5) is 16.4. The molecule has 0 saturated heterocycles. The number of hydrogen-bond donors (Lipinski definition) is 1. The summed E-state index contributed by atoms with van der Waals surface area (Å²) in [6.07, 6.45) is 3.69. The third-order valence-electron chi connectivity index (χ3n) is 3.76. The van der Waals surface area contributed by atoms with Crippen LogP contribution in [-0.2, 0) is 11.3 Å². The lowest BCUT2D eigenvalue weighted by Crippen LogP contribution is -2.28. The van der Waals surface area contributed by atoms with Gasteiger partial charge in [-0.2, -0.15) is 0 Å². The molecule has 0 aliphatic carbocycles. The Hall–Kier alpha value is -1.75. The van der Waals surface area contributed by atoms with Gasteiger partial charge in [-0.25, -0.2) is 4.98 Å². The SMILES string of the molecule is CCn1ccnc1SCC(=O)NC(C)c1ccc(C)c(C)c1. The van der Waals surface area contributed by atoms with Crippen LogP contribution in [0.3, 0.4) is 0 Å². The lowest BCUT2D eigenvalue weighted by Gasteiger charge is -2.15. The standard InChI is InChI=1S/C17H23N3OS/c1-5-20-9-8-18-17(20)22-11-16(21)19-14(4)15-7-6-12(2)13(3)10-15/h6-10,14H,5,11H2,1-4H3,(H,19,21). The largest absolute Gasteiger partial charge is 0.349 e. The molecule has 118 valence electrons. The van der Waals surface area contributed by atoms with Gasteiger partial charge in [0.15, 0.2) is 5.16 Å². The van der Waals surface area contributed by atoms with Gasteiger partial charge >= 0.3 is 0 Å². The van der Waals surface area contributed by atoms with Crippen molar-refractivity contribution < 1.29 is 4.79 Å². The van der Waals surface area contributed by atoms with Gasteiger partial charge in [0.05, 0.1) is 11.8 Å². The van der Waals surface area contributed by atoms with Gasteiger partial charge in [-0.15, -0.1) is 0 Å². The maximum absolute atomic E-state index is 12.1. The highest BCUT2D eigenvalue weighted by molar-refractivity contribution is 7.99. The van der Waals surface area contributed by atoms with E-state index in [2.05, 4.69) is 49.3 Å². The molecule has 0 aliphatic heterocycles. The van der Waals surface area contributed by atoms with Crippen LogP contribution in [0.15, 0.2) is 35.7 Å². The maximum Gasteiger partial charge on any atom is 0.230 e. The second kappa shape index (κ2) is 7.49. The monoisotopic (exact) mass is 317 g/mol. The molecule has 2 rings (SSSR count). The number of amides is 1. The smallest absolute Gasteiger partial charge is 0.230 e. The van der Waals surface area contributed by atoms with Crippen molar-refractivity contribution in [2.75, 3.05) is 5.75 Å². The molecule has 5 heteroatoms. The molecule has 0 radical (unpaired) electrons. The van der Waals surface area contributed by atoms with Crippen molar-refractivity contribution in [1.29, 1.82) is 0 Å². The van der Waals surface area contributed by atoms with E-state index in [0.29, 0.717) is 5.75 Å². The van der Waals surface area contributed by atoms with E-state index in [1.54, 1.807) is 6.20 Å². The van der Waals surface area contributed by atoms with Crippen LogP contribution in [0.1, 0.15) is 36.6 Å². The van der Waals surface area contributed by atoms with Crippen molar-refractivity contribution >= 4 is 17.7 Å². The molecular formula is C17H23N3OS. The quantitative estimate of drug-likeness (QED) is 0.830. The number of benzene rings is 1. The second-order valence-electron chi connectivity index (χ2n) is 5.42. The Morgan fingerprint density at radius 2 is 2.14 bits per heavy atom. The Morgan fingerprint density at radius 3 is 2.82 bits per heavy atom. The fourth-order valence-electron chi connectivity index (χ4n) is 2.21. The van der Waals surface area contributed by atoms with Crippen LogP contribution in [-0.4, -0.2) is 21.2 Å². The molecule has 1 aromatic carbocycles. The molecule has 0 fully saturated rings. The molecule has 1 amide bonds. The summed E-state index contributed by atoms with van der Waals surface area (Å²) in [5.74, 6) is 0.410. The first kappa shape index (κ1) is 16.6. The van der Waals surface area contributed by atoms with Crippen molar-refractivity contribution in [3.63, 3.8) is 0 Å². The van der Waals surface area contributed by atoms with Gasteiger partial charge in [0.2, 0.25) is 5.91 Å². The van der Waals surface area contributed by atoms with Gasteiger partial charge < -0.3 is 9.88 Å². The lowest BCUT2D eigenvalue weighted by atomic mass is 10.0. The van der Waals surface area contributed by atoms with E-state index in [1.807, 2.05) is 17.7 Å². The Bertz CT molecular complexity index is 651. The van der Waals surface area contributed by atoms with E-state index in [9.17, 15) is 4.79 Å². The Morgan fingerprint density at radius 1 is 1.36 bits per heavy atom. The fraction of sp³-hybridized carbons (Fsp3) is 0.412. The minimum Gasteiger partial charge on any atom is -0.349 e. The zero-order valence-corrected chi connectivity index (χ0v) is 14.4. The van der Waals surface area contributed by atoms with Gasteiger partial charge in [0.25, 0.3) is 0 Å². The summed E-state index contributed by atoms with van der Waals surface area (Å²) < 4.78 is 2.03. The van der Waals surface area contributed by atoms with Crippen molar-refractivity contribution in [1.82, 2.24) is 14.9 Å². The Kier molecular flexibility index (Phi) is 5.66. The molecule has 1 unspecified atom stereocenters. The summed E-state index contributed by atoms with van der Waals surface area (Å²) in [5.41, 5.74) is 3.65. The van der Waals surface area contributed by atoms with Crippen molar-refractivity contribution in [2.45, 2.75) is 45.4 Å². The minimum atomic E-state index is 0.0123. The summed E-state index contributed by atoms with van der Waals surface area (Å²) in [5, 5.41) is 3.93. The van der Waals surface area contributed by atoms with Crippen LogP contribution in [0.25, 0.3) is 0 Å². The number of aryl methyl sites for hydroxylation is 3. The number of carbonyl (C=O) groups excluding carboxylic acids is 1. The molecule has 0 aliphatic rings. The van der Waals surface area contributed by atoms with E-state index in [0.717, 1.165) is 17.3 Å². The van der Waals surface area contributed by atoms with Gasteiger partial charge in [-0.05, 0) is 44.4 Å². The molecule has 22 heavy (non-hydrogen) atoms. The summed E-state index contributed by atoms with van der Waals surface area (Å²) in [7, 11) is 0. The highest BCUT2D eigenvalue weighted by atomic mass is 32.2. The van der Waals surface area contributed by atoms with E-state index < -0.39 is 0 Å². The highest BCUT2D eigenvalue weighted by Crippen LogP contribution is 2.18. The minimum absolute atomic E-state index is 0.0123. The van der Waals surface area contributed by atoms with Gasteiger partial charge in [-0.1, -0.05) is 30.0 Å². The van der Waals surface area contributed by atoms with Gasteiger partial charge in [-0.3, -0.25) is 4.79 Å². The predicted molar refractivity (Wildman–Crippen MR) is 91.1 cm³/mol. The molecule has 1 N–H and O–H groups in total. The third-order valence-corrected chi connectivity index (χ3v) is 4.76. The first-order valence-corrected chi connectivity index (χ1v) is 8.50. The topological polar surface area (TPSA) is 46.9 Å². The van der Waals surface area contributed by atoms with E-state index in [4.69, 9.17) is 0 Å². The van der Waals surface area contributed by atoms with Crippen molar-refractivity contribution in [2.24, 2.45) is 0 Å². The third kappa shape index (κ3) is 4.13. The molecule has 1 heterocycles. The van der Waals surface area contributed by atoms with Crippen LogP contribution in [0.4, 0.5) is 0 Å². The summed E-state index contributed by atoms with van der Waals surface area (Å²) >= 11 is 1.47. The van der Waals surface area contributed by atoms with Gasteiger partial charge in [0.1, 0.15) is 0 Å². The van der Waals surface area contributed by atoms with Crippen LogP contribution in [0, 0.1) is 13.8 Å². The molecule has 0 bridgehead atoms. The highest BCUT2D eigenvalue weighted by Gasteiger charge is 2.12. The molecule has 0 spiro atoms. The Labute approximate surface area is 136 Å². The first-order valence-electron chi connectivity index (χ1n) is 7.51. The van der Waals surface area contributed by atoms with Crippen LogP contribution in [0.5, 0.6) is 0 Å². The maximum atomic E-state index is 12.1. The lowest BCUT2D eigenvalue weighted by molar-refractivity contribution is -0.119. The molecular weight excluding hydrogens is 294 g/mol. The Balaban J connectivity index is 1.89. The zero-order valence-electron chi connectivity index (χ0n) is 13.6. The number of nitrogens with zero attached hydrogens (tertiary/aromatic N) is 2. The number of rotatable bonds is 6. The number of aromatic nitrogens is 2. The average molecular weight is 317 g/mol. The second-order valence-corrected chi connectivity index (χ2v) is 6.36. The van der Waals surface area contributed by atoms with E-state index in [-0.39, 0.29) is 11.9 Å². The van der Waals surface area contributed by atoms with Crippen LogP contribution >= 0.6 is 11.8 Å². The van der Waals surface area contributed by atoms with E-state index in [1.165, 1.54) is 22.9 Å². The van der Waals surface area contributed by atoms with Crippen molar-refractivity contribution in [3.8, 4) is 0 Å². The van der Waals surface area contributed by atoms with Crippen LogP contribution < -0.4 is 5.32 Å².